The molecule has 1 N–H and O–H groups in total. The highest BCUT2D eigenvalue weighted by Crippen LogP contribution is 2.42. The number of methoxy groups -OCH3 is 1. The third-order valence-electron chi connectivity index (χ3n) is 6.96. The minimum atomic E-state index is -4.11. The molecule has 0 saturated carbocycles. The molecule has 1 fully saturated rings. The Kier molecular flexibility index (Phi) is 11.8. The van der Waals surface area contributed by atoms with E-state index in [1.165, 1.54) is 7.11 Å². The van der Waals surface area contributed by atoms with E-state index in [2.05, 4.69) is 30.5 Å². The van der Waals surface area contributed by atoms with Gasteiger partial charge < -0.3 is 33.3 Å². The molecule has 246 valence electrons. The first-order valence-corrected chi connectivity index (χ1v) is 16.6. The van der Waals surface area contributed by atoms with Crippen molar-refractivity contribution >= 4 is 21.8 Å². The number of aromatic nitrogens is 2. The second kappa shape index (κ2) is 15.6. The van der Waals surface area contributed by atoms with Gasteiger partial charge in [0.15, 0.2) is 23.6 Å². The molecular formula is C32H44N4O8S. The zero-order valence-electron chi connectivity index (χ0n) is 26.9. The zero-order valence-corrected chi connectivity index (χ0v) is 27.7. The van der Waals surface area contributed by atoms with Gasteiger partial charge in [0, 0.05) is 32.7 Å². The summed E-state index contributed by atoms with van der Waals surface area (Å²) in [7, 11) is -2.59. The van der Waals surface area contributed by atoms with E-state index in [4.69, 9.17) is 33.4 Å². The molecule has 0 amide bonds. The molecule has 0 bridgehead atoms. The summed E-state index contributed by atoms with van der Waals surface area (Å²) in [5.41, 5.74) is 0.868. The highest BCUT2D eigenvalue weighted by molar-refractivity contribution is 7.92. The van der Waals surface area contributed by atoms with E-state index in [1.54, 1.807) is 36.4 Å². The van der Waals surface area contributed by atoms with Crippen molar-refractivity contribution in [2.24, 2.45) is 0 Å². The summed E-state index contributed by atoms with van der Waals surface area (Å²) >= 11 is 0. The molecule has 3 aromatic rings. The number of rotatable bonds is 15. The second-order valence-corrected chi connectivity index (χ2v) is 12.9. The highest BCUT2D eigenvalue weighted by Gasteiger charge is 2.28. The zero-order chi connectivity index (χ0) is 32.5. The Labute approximate surface area is 266 Å². The van der Waals surface area contributed by atoms with E-state index in [-0.39, 0.29) is 40.3 Å². The minimum absolute atomic E-state index is 0.0178. The van der Waals surface area contributed by atoms with Gasteiger partial charge in [-0.2, -0.15) is 9.97 Å². The fraction of sp³-hybridized carbons (Fsp3) is 0.500. The van der Waals surface area contributed by atoms with Crippen molar-refractivity contribution in [2.75, 3.05) is 62.9 Å². The summed E-state index contributed by atoms with van der Waals surface area (Å²) in [6.07, 6.45) is -0.0819. The molecular weight excluding hydrogens is 600 g/mol. The molecule has 13 heteroatoms. The van der Waals surface area contributed by atoms with Crippen molar-refractivity contribution < 1.29 is 36.8 Å². The molecule has 2 heterocycles. The first-order chi connectivity index (χ1) is 21.6. The third kappa shape index (κ3) is 9.19. The Bertz CT molecular complexity index is 1480. The number of benzene rings is 2. The van der Waals surface area contributed by atoms with Crippen LogP contribution in [-0.4, -0.2) is 77.9 Å². The first-order valence-electron chi connectivity index (χ1n) is 15.1. The quantitative estimate of drug-likeness (QED) is 0.214. The van der Waals surface area contributed by atoms with Crippen molar-refractivity contribution in [3.63, 3.8) is 0 Å². The fourth-order valence-corrected chi connectivity index (χ4v) is 5.56. The summed E-state index contributed by atoms with van der Waals surface area (Å²) in [4.78, 5) is 11.3. The average molecular weight is 645 g/mol. The molecule has 1 aromatic heterocycles. The molecule has 0 spiro atoms. The van der Waals surface area contributed by atoms with Crippen LogP contribution in [0.15, 0.2) is 53.4 Å². The van der Waals surface area contributed by atoms with E-state index in [1.807, 2.05) is 30.9 Å². The smallest absolute Gasteiger partial charge is 0.265 e. The average Bonchev–Trinajstić information content (AvgIpc) is 3.02. The number of hydrogen-bond acceptors (Lipinski definition) is 11. The Morgan fingerprint density at radius 1 is 0.956 bits per heavy atom. The summed E-state index contributed by atoms with van der Waals surface area (Å²) in [5, 5.41) is 0. The van der Waals surface area contributed by atoms with Crippen LogP contribution < -0.4 is 23.8 Å². The molecule has 0 unspecified atom stereocenters. The van der Waals surface area contributed by atoms with Gasteiger partial charge in [0.2, 0.25) is 11.7 Å². The monoisotopic (exact) mass is 644 g/mol. The van der Waals surface area contributed by atoms with Crippen LogP contribution in [-0.2, 0) is 29.6 Å². The lowest BCUT2D eigenvalue weighted by molar-refractivity contribution is -0.142. The Morgan fingerprint density at radius 2 is 1.60 bits per heavy atom. The molecule has 0 aliphatic carbocycles. The third-order valence-corrected chi connectivity index (χ3v) is 8.31. The van der Waals surface area contributed by atoms with Crippen LogP contribution in [0.5, 0.6) is 23.1 Å². The van der Waals surface area contributed by atoms with Gasteiger partial charge in [-0.1, -0.05) is 45.0 Å². The number of ether oxygens (including phenoxy) is 6. The number of anilines is 2. The maximum absolute atomic E-state index is 13.8. The minimum Gasteiger partial charge on any atom is -0.493 e. The normalized spacial score (nSPS) is 14.0. The van der Waals surface area contributed by atoms with Gasteiger partial charge in [0.1, 0.15) is 0 Å². The molecule has 1 aliphatic heterocycles. The van der Waals surface area contributed by atoms with Crippen LogP contribution in [0.4, 0.5) is 11.8 Å². The fourth-order valence-electron chi connectivity index (χ4n) is 4.55. The topological polar surface area (TPSA) is 131 Å². The van der Waals surface area contributed by atoms with E-state index >= 15 is 0 Å². The lowest BCUT2D eigenvalue weighted by atomic mass is 9.87. The Balaban J connectivity index is 1.78. The van der Waals surface area contributed by atoms with Gasteiger partial charge in [-0.15, -0.1) is 0 Å². The highest BCUT2D eigenvalue weighted by atomic mass is 32.2. The molecule has 1 aliphatic rings. The van der Waals surface area contributed by atoms with Crippen molar-refractivity contribution in [3.05, 3.63) is 54.1 Å². The number of para-hydroxylation sites is 2. The first kappa shape index (κ1) is 34.2. The van der Waals surface area contributed by atoms with Crippen LogP contribution in [0.2, 0.25) is 0 Å². The Morgan fingerprint density at radius 3 is 2.20 bits per heavy atom. The van der Waals surface area contributed by atoms with Crippen molar-refractivity contribution in [1.82, 2.24) is 9.97 Å². The van der Waals surface area contributed by atoms with Gasteiger partial charge in [-0.05, 0) is 49.1 Å². The van der Waals surface area contributed by atoms with Gasteiger partial charge in [-0.3, -0.25) is 4.72 Å². The second-order valence-electron chi connectivity index (χ2n) is 11.2. The largest absolute Gasteiger partial charge is 0.493 e. The van der Waals surface area contributed by atoms with Gasteiger partial charge in [-0.25, -0.2) is 8.42 Å². The molecule has 0 atom stereocenters. The van der Waals surface area contributed by atoms with Crippen LogP contribution in [0.3, 0.4) is 0 Å². The SMILES string of the molecule is CCOC(CCOc1nc(N2CCOCC2)nc(NS(=O)(=O)c2ccc(C(C)(C)C)cc2)c1Oc1ccccc1OC)OCC. The molecule has 0 radical (unpaired) electrons. The van der Waals surface area contributed by atoms with Gasteiger partial charge >= 0.3 is 0 Å². The lowest BCUT2D eigenvalue weighted by Gasteiger charge is -2.28. The number of sulfonamides is 1. The molecule has 45 heavy (non-hydrogen) atoms. The molecule has 1 saturated heterocycles. The maximum Gasteiger partial charge on any atom is 0.265 e. The standard InChI is InChI=1S/C32H44N4O8S/c1-7-41-27(42-8-2)17-20-43-30-28(44-26-12-10-9-11-25(26)39-6)29(33-31(34-30)36-18-21-40-22-19-36)35-45(37,38)24-15-13-23(14-16-24)32(3,4)5/h9-16,27H,7-8,17-22H2,1-6H3,(H,33,34,35). The lowest BCUT2D eigenvalue weighted by Crippen LogP contribution is -2.37. The van der Waals surface area contributed by atoms with E-state index in [0.29, 0.717) is 57.4 Å². The van der Waals surface area contributed by atoms with Crippen LogP contribution in [0.25, 0.3) is 0 Å². The van der Waals surface area contributed by atoms with Crippen molar-refractivity contribution in [2.45, 2.75) is 57.6 Å². The summed E-state index contributed by atoms with van der Waals surface area (Å²) in [6, 6.07) is 13.8. The number of nitrogens with zero attached hydrogens (tertiary/aromatic N) is 3. The Hall–Kier alpha value is -3.65. The molecule has 4 rings (SSSR count). The van der Waals surface area contributed by atoms with E-state index in [0.717, 1.165) is 5.56 Å². The van der Waals surface area contributed by atoms with E-state index in [9.17, 15) is 8.42 Å². The summed E-state index contributed by atoms with van der Waals surface area (Å²) in [5.74, 6) is 0.968. The van der Waals surface area contributed by atoms with Crippen molar-refractivity contribution in [3.8, 4) is 23.1 Å². The van der Waals surface area contributed by atoms with Gasteiger partial charge in [0.25, 0.3) is 15.9 Å². The predicted molar refractivity (Wildman–Crippen MR) is 171 cm³/mol. The number of nitrogens with one attached hydrogen (secondary N) is 1. The van der Waals surface area contributed by atoms with E-state index < -0.39 is 16.3 Å². The maximum atomic E-state index is 13.8. The predicted octanol–water partition coefficient (Wildman–Crippen LogP) is 5.38. The molecule has 12 nitrogen and oxygen atoms in total. The van der Waals surface area contributed by atoms with Crippen LogP contribution >= 0.6 is 0 Å². The van der Waals surface area contributed by atoms with Gasteiger partial charge in [0.05, 0.1) is 31.8 Å². The van der Waals surface area contributed by atoms with Crippen molar-refractivity contribution in [1.29, 1.82) is 0 Å². The number of morpholine rings is 1. The van der Waals surface area contributed by atoms with Crippen LogP contribution in [0, 0.1) is 0 Å². The molecule has 2 aromatic carbocycles. The summed E-state index contributed by atoms with van der Waals surface area (Å²) < 4.78 is 65.0. The van der Waals surface area contributed by atoms with Crippen LogP contribution in [0.1, 0.15) is 46.6 Å². The number of hydrogen-bond donors (Lipinski definition) is 1. The summed E-state index contributed by atoms with van der Waals surface area (Å²) in [6.45, 7) is 13.1.